The molecule has 10 nitrogen and oxygen atoms in total. The molecule has 2 aromatic rings. The number of aromatic nitrogens is 1. The zero-order chi connectivity index (χ0) is 24.0. The lowest BCUT2D eigenvalue weighted by Crippen LogP contribution is -2.35. The van der Waals surface area contributed by atoms with Crippen molar-refractivity contribution in [1.29, 1.82) is 15.9 Å². The van der Waals surface area contributed by atoms with Crippen molar-refractivity contribution in [2.45, 2.75) is 36.1 Å². The first-order chi connectivity index (χ1) is 15.9. The summed E-state index contributed by atoms with van der Waals surface area (Å²) in [5, 5.41) is 26.6. The number of pyridine rings is 1. The smallest absolute Gasteiger partial charge is 0.235 e. The number of amides is 1. The zero-order valence-electron chi connectivity index (χ0n) is 18.0. The minimum atomic E-state index is -0.745. The Morgan fingerprint density at radius 2 is 2.03 bits per heavy atom. The van der Waals surface area contributed by atoms with Crippen LogP contribution in [0.2, 0.25) is 0 Å². The predicted molar refractivity (Wildman–Crippen MR) is 124 cm³/mol. The molecule has 1 aromatic carbocycles. The molecule has 0 bridgehead atoms. The monoisotopic (exact) mass is 464 g/mol. The third kappa shape index (κ3) is 5.34. The first kappa shape index (κ1) is 23.9. The molecular weight excluding hydrogens is 440 g/mol. The quantitative estimate of drug-likeness (QED) is 0.196. The molecule has 1 unspecified atom stereocenters. The van der Waals surface area contributed by atoms with Crippen LogP contribution in [-0.2, 0) is 16.1 Å². The van der Waals surface area contributed by atoms with E-state index in [0.717, 1.165) is 11.8 Å². The molecule has 0 spiro atoms. The minimum Gasteiger partial charge on any atom is -0.368 e. The molecule has 1 aliphatic heterocycles. The number of carbonyl (C=O) groups excluding carboxylic acids is 1. The number of nitrogens with zero attached hydrogens (tertiary/aromatic N) is 4. The number of hydrogen-bond donors (Lipinski definition) is 4. The van der Waals surface area contributed by atoms with Gasteiger partial charge in [-0.15, -0.1) is 0 Å². The fraction of sp³-hybridized carbons (Fsp3) is 0.318. The average molecular weight is 465 g/mol. The Hall–Kier alpha value is -3.80. The highest BCUT2D eigenvalue weighted by Crippen LogP contribution is 2.40. The second kappa shape index (κ2) is 10.7. The molecule has 33 heavy (non-hydrogen) atoms. The summed E-state index contributed by atoms with van der Waals surface area (Å²) in [5.41, 5.74) is 15.2. The van der Waals surface area contributed by atoms with Crippen LogP contribution in [0.25, 0.3) is 0 Å². The molecule has 0 aliphatic carbocycles. The lowest BCUT2D eigenvalue weighted by atomic mass is 10.0. The van der Waals surface area contributed by atoms with E-state index in [2.05, 4.69) is 22.6 Å². The first-order valence-electron chi connectivity index (χ1n) is 10.3. The average Bonchev–Trinajstić information content (AvgIpc) is 3.29. The van der Waals surface area contributed by atoms with Crippen LogP contribution in [0, 0.1) is 28.1 Å². The Morgan fingerprint density at radius 1 is 1.33 bits per heavy atom. The van der Waals surface area contributed by atoms with E-state index < -0.39 is 11.2 Å². The Balaban J connectivity index is 2.02. The summed E-state index contributed by atoms with van der Waals surface area (Å²) in [6, 6.07) is 13.4. The van der Waals surface area contributed by atoms with Crippen LogP contribution in [0.3, 0.4) is 0 Å². The van der Waals surface area contributed by atoms with E-state index >= 15 is 0 Å². The van der Waals surface area contributed by atoms with E-state index in [4.69, 9.17) is 21.7 Å². The molecule has 3 rings (SSSR count). The molecule has 0 radical (unpaired) electrons. The predicted octanol–water partition coefficient (Wildman–Crippen LogP) is 1.70. The van der Waals surface area contributed by atoms with Gasteiger partial charge in [0.25, 0.3) is 0 Å². The Bertz CT molecular complexity index is 1130. The lowest BCUT2D eigenvalue weighted by molar-refractivity contribution is -0.117. The van der Waals surface area contributed by atoms with Crippen LogP contribution in [0.5, 0.6) is 0 Å². The fourth-order valence-corrected chi connectivity index (χ4v) is 4.75. The van der Waals surface area contributed by atoms with Crippen LogP contribution in [-0.4, -0.2) is 36.0 Å². The topological polar surface area (TPSA) is 178 Å². The number of rotatable bonds is 8. The minimum absolute atomic E-state index is 0.262. The van der Waals surface area contributed by atoms with Gasteiger partial charge in [-0.1, -0.05) is 49.0 Å². The number of guanidine groups is 1. The molecule has 170 valence electrons. The number of thioether (sulfide) groups is 1. The first-order valence-corrected chi connectivity index (χ1v) is 11.2. The molecule has 1 fully saturated rings. The molecule has 0 saturated carbocycles. The maximum absolute atomic E-state index is 12.3. The van der Waals surface area contributed by atoms with Crippen molar-refractivity contribution < 1.29 is 9.63 Å². The van der Waals surface area contributed by atoms with Gasteiger partial charge in [-0.25, -0.2) is 10.5 Å². The maximum Gasteiger partial charge on any atom is 0.235 e. The number of nitrogens with two attached hydrogens (primary N) is 2. The van der Waals surface area contributed by atoms with Crippen LogP contribution in [0.15, 0.2) is 35.4 Å². The van der Waals surface area contributed by atoms with Crippen LogP contribution >= 0.6 is 11.8 Å². The summed E-state index contributed by atoms with van der Waals surface area (Å²) in [6.45, 7) is 2.84. The maximum atomic E-state index is 12.3. The van der Waals surface area contributed by atoms with Crippen molar-refractivity contribution in [3.05, 3.63) is 52.6 Å². The molecular formula is C22H24N8O2S. The summed E-state index contributed by atoms with van der Waals surface area (Å²) in [6.07, 6.45) is 0.813. The summed E-state index contributed by atoms with van der Waals surface area (Å²) in [5.74, 6) is -0.417. The van der Waals surface area contributed by atoms with Gasteiger partial charge >= 0.3 is 0 Å². The van der Waals surface area contributed by atoms with Crippen molar-refractivity contribution in [2.24, 2.45) is 11.5 Å². The molecule has 1 aromatic heterocycles. The zero-order valence-corrected chi connectivity index (χ0v) is 18.9. The van der Waals surface area contributed by atoms with Crippen molar-refractivity contribution in [3.63, 3.8) is 0 Å². The van der Waals surface area contributed by atoms with Gasteiger partial charge in [0.2, 0.25) is 11.9 Å². The summed E-state index contributed by atoms with van der Waals surface area (Å²) < 4.78 is 0. The van der Waals surface area contributed by atoms with E-state index in [-0.39, 0.29) is 17.6 Å². The highest BCUT2D eigenvalue weighted by Gasteiger charge is 2.31. The van der Waals surface area contributed by atoms with Crippen LogP contribution in [0.1, 0.15) is 40.8 Å². The number of nitrogens with one attached hydrogen (secondary N) is 2. The van der Waals surface area contributed by atoms with Gasteiger partial charge in [-0.2, -0.15) is 10.5 Å². The van der Waals surface area contributed by atoms with Crippen molar-refractivity contribution >= 4 is 29.4 Å². The molecule has 6 N–H and O–H groups in total. The number of primary amides is 1. The molecule has 2 heterocycles. The van der Waals surface area contributed by atoms with E-state index in [0.29, 0.717) is 53.5 Å². The number of hydrogen-bond acceptors (Lipinski definition) is 8. The number of benzene rings is 1. The summed E-state index contributed by atoms with van der Waals surface area (Å²) in [7, 11) is 0. The third-order valence-corrected chi connectivity index (χ3v) is 6.45. The lowest BCUT2D eigenvalue weighted by Gasteiger charge is -2.23. The normalized spacial score (nSPS) is 16.0. The van der Waals surface area contributed by atoms with E-state index in [1.54, 1.807) is 12.1 Å². The van der Waals surface area contributed by atoms with Gasteiger partial charge in [0, 0.05) is 13.1 Å². The van der Waals surface area contributed by atoms with E-state index in [1.165, 1.54) is 0 Å². The second-order valence-electron chi connectivity index (χ2n) is 7.35. The van der Waals surface area contributed by atoms with Gasteiger partial charge in [0.15, 0.2) is 0 Å². The number of hydroxylamine groups is 1. The van der Waals surface area contributed by atoms with Crippen molar-refractivity contribution in [1.82, 2.24) is 10.5 Å². The van der Waals surface area contributed by atoms with Crippen LogP contribution in [0.4, 0.5) is 5.82 Å². The van der Waals surface area contributed by atoms with Gasteiger partial charge < -0.3 is 16.4 Å². The molecule has 1 aliphatic rings. The van der Waals surface area contributed by atoms with Crippen molar-refractivity contribution in [2.75, 3.05) is 18.0 Å². The Kier molecular flexibility index (Phi) is 7.72. The number of anilines is 1. The van der Waals surface area contributed by atoms with Crippen LogP contribution < -0.4 is 21.8 Å². The van der Waals surface area contributed by atoms with Gasteiger partial charge in [0.05, 0.1) is 11.1 Å². The van der Waals surface area contributed by atoms with Crippen molar-refractivity contribution in [3.8, 4) is 12.1 Å². The highest BCUT2D eigenvalue weighted by molar-refractivity contribution is 8.00. The Morgan fingerprint density at radius 3 is 2.61 bits per heavy atom. The van der Waals surface area contributed by atoms with E-state index in [9.17, 15) is 15.3 Å². The summed E-state index contributed by atoms with van der Waals surface area (Å²) >= 11 is 1.11. The van der Waals surface area contributed by atoms with Gasteiger partial charge in [-0.05, 0) is 24.0 Å². The largest absolute Gasteiger partial charge is 0.368 e. The molecule has 11 heteroatoms. The van der Waals surface area contributed by atoms with Gasteiger partial charge in [-0.3, -0.25) is 15.0 Å². The molecule has 2 atom stereocenters. The number of carbonyl (C=O) groups is 1. The fourth-order valence-electron chi connectivity index (χ4n) is 3.69. The van der Waals surface area contributed by atoms with E-state index in [1.807, 2.05) is 30.0 Å². The highest BCUT2D eigenvalue weighted by atomic mass is 32.2. The number of nitriles is 2. The Labute approximate surface area is 196 Å². The standard InChI is InChI=1S/C22H24N8O2S/c1-2-15-16(10-23)20(30-9-8-14(12-30)32-29-22(26)27)28-21(17(15)11-24)33-18(19(25)31)13-6-4-3-5-7-13/h3-7,14,18H,2,8-9,12H2,1H3,(H2,25,31)(H4,26,27,29)/t14-,18?/m0/s1. The second-order valence-corrected chi connectivity index (χ2v) is 8.44. The van der Waals surface area contributed by atoms with Gasteiger partial charge in [0.1, 0.15) is 34.3 Å². The third-order valence-electron chi connectivity index (χ3n) is 5.20. The molecule has 1 amide bonds. The SMILES string of the molecule is CCc1c(C#N)c(SC(C(N)=O)c2ccccc2)nc(N2CC[C@H](ONC(=N)N)C2)c1C#N. The summed E-state index contributed by atoms with van der Waals surface area (Å²) in [4.78, 5) is 24.2. The molecule has 1 saturated heterocycles.